The third-order valence-corrected chi connectivity index (χ3v) is 5.68. The molecule has 1 aromatic heterocycles. The molecule has 134 valence electrons. The van der Waals surface area contributed by atoms with E-state index in [2.05, 4.69) is 24.3 Å². The van der Waals surface area contributed by atoms with Crippen LogP contribution >= 0.6 is 11.8 Å². The Bertz CT molecular complexity index is 934. The van der Waals surface area contributed by atoms with E-state index in [4.69, 9.17) is 9.72 Å². The van der Waals surface area contributed by atoms with Crippen LogP contribution in [-0.4, -0.2) is 28.0 Å². The van der Waals surface area contributed by atoms with Crippen LogP contribution in [0.4, 0.5) is 0 Å². The number of nitrogens with zero attached hydrogens (tertiary/aromatic N) is 2. The number of para-hydroxylation sites is 1. The number of hydrogen-bond donors (Lipinski definition) is 0. The highest BCUT2D eigenvalue weighted by molar-refractivity contribution is 7.99. The van der Waals surface area contributed by atoms with Crippen LogP contribution in [0.3, 0.4) is 0 Å². The lowest BCUT2D eigenvalue weighted by molar-refractivity contribution is 0.0937. The number of fused-ring (bicyclic) bond motifs is 1. The molecule has 0 radical (unpaired) electrons. The Morgan fingerprint density at radius 1 is 1.12 bits per heavy atom. The predicted molar refractivity (Wildman–Crippen MR) is 106 cm³/mol. The highest BCUT2D eigenvalue weighted by Crippen LogP contribution is 2.21. The lowest BCUT2D eigenvalue weighted by Crippen LogP contribution is -2.28. The second kappa shape index (κ2) is 8.06. The molecule has 26 heavy (non-hydrogen) atoms. The van der Waals surface area contributed by atoms with Crippen molar-refractivity contribution in [3.63, 3.8) is 0 Å². The monoisotopic (exact) mass is 366 g/mol. The molecule has 1 atom stereocenters. The van der Waals surface area contributed by atoms with Gasteiger partial charge in [-0.05, 0) is 37.0 Å². The maximum atomic E-state index is 13.0. The van der Waals surface area contributed by atoms with Crippen LogP contribution in [0.1, 0.15) is 18.4 Å². The van der Waals surface area contributed by atoms with Gasteiger partial charge >= 0.3 is 0 Å². The summed E-state index contributed by atoms with van der Waals surface area (Å²) in [6.07, 6.45) is 3.14. The highest BCUT2D eigenvalue weighted by Gasteiger charge is 2.20. The molecule has 1 aliphatic rings. The number of thioether (sulfide) groups is 1. The van der Waals surface area contributed by atoms with E-state index in [0.29, 0.717) is 11.9 Å². The summed E-state index contributed by atoms with van der Waals surface area (Å²) >= 11 is 1.65. The van der Waals surface area contributed by atoms with Gasteiger partial charge in [0.05, 0.1) is 23.6 Å². The molecule has 0 aliphatic carbocycles. The fourth-order valence-corrected chi connectivity index (χ4v) is 4.31. The van der Waals surface area contributed by atoms with Crippen LogP contribution in [0.5, 0.6) is 0 Å². The summed E-state index contributed by atoms with van der Waals surface area (Å²) in [5.74, 6) is 0.889. The summed E-state index contributed by atoms with van der Waals surface area (Å²) in [5, 5.41) is 1.47. The number of aromatic nitrogens is 2. The topological polar surface area (TPSA) is 44.1 Å². The van der Waals surface area contributed by atoms with Gasteiger partial charge < -0.3 is 4.74 Å². The molecule has 1 fully saturated rings. The fraction of sp³-hybridized carbons (Fsp3) is 0.333. The Morgan fingerprint density at radius 2 is 1.92 bits per heavy atom. The van der Waals surface area contributed by atoms with E-state index in [1.807, 2.05) is 34.9 Å². The summed E-state index contributed by atoms with van der Waals surface area (Å²) in [6.45, 7) is 1.38. The molecule has 0 spiro atoms. The number of benzene rings is 2. The quantitative estimate of drug-likeness (QED) is 0.490. The van der Waals surface area contributed by atoms with Gasteiger partial charge in [0.1, 0.15) is 0 Å². The van der Waals surface area contributed by atoms with Gasteiger partial charge in [0.25, 0.3) is 5.56 Å². The second-order valence-corrected chi connectivity index (χ2v) is 7.61. The van der Waals surface area contributed by atoms with Crippen molar-refractivity contribution in [1.82, 2.24) is 9.55 Å². The van der Waals surface area contributed by atoms with Crippen molar-refractivity contribution in [3.8, 4) is 0 Å². The summed E-state index contributed by atoms with van der Waals surface area (Å²) in [7, 11) is 0. The minimum atomic E-state index is 0.0355. The molecule has 1 aliphatic heterocycles. The van der Waals surface area contributed by atoms with Crippen molar-refractivity contribution in [3.05, 3.63) is 70.5 Å². The molecule has 5 heteroatoms. The SMILES string of the molecule is O=c1c2ccccc2nc(SCCc2ccccc2)n1C[C@H]1CCCO1. The molecule has 4 rings (SSSR count). The highest BCUT2D eigenvalue weighted by atomic mass is 32.2. The van der Waals surface area contributed by atoms with Gasteiger partial charge in [0, 0.05) is 12.4 Å². The zero-order chi connectivity index (χ0) is 17.8. The third-order valence-electron chi connectivity index (χ3n) is 4.70. The van der Waals surface area contributed by atoms with Crippen molar-refractivity contribution in [1.29, 1.82) is 0 Å². The standard InChI is InChI=1S/C21H22N2O2S/c24-20-18-10-4-5-11-19(18)22-21(23(20)15-17-9-6-13-25-17)26-14-12-16-7-2-1-3-8-16/h1-5,7-8,10-11,17H,6,9,12-15H2/t17-/m1/s1. The Labute approximate surface area is 157 Å². The maximum Gasteiger partial charge on any atom is 0.262 e. The van der Waals surface area contributed by atoms with Crippen molar-refractivity contribution >= 4 is 22.7 Å². The van der Waals surface area contributed by atoms with Crippen LogP contribution in [0.15, 0.2) is 64.5 Å². The molecular weight excluding hydrogens is 344 g/mol. The summed E-state index contributed by atoms with van der Waals surface area (Å²) in [5.41, 5.74) is 2.10. The molecule has 1 saturated heterocycles. The van der Waals surface area contributed by atoms with Crippen molar-refractivity contribution in [2.24, 2.45) is 0 Å². The minimum Gasteiger partial charge on any atom is -0.376 e. The fourth-order valence-electron chi connectivity index (χ4n) is 3.32. The zero-order valence-electron chi connectivity index (χ0n) is 14.6. The van der Waals surface area contributed by atoms with Crippen LogP contribution < -0.4 is 5.56 Å². The molecule has 0 N–H and O–H groups in total. The van der Waals surface area contributed by atoms with Gasteiger partial charge in [0.15, 0.2) is 5.16 Å². The number of rotatable bonds is 6. The smallest absolute Gasteiger partial charge is 0.262 e. The Morgan fingerprint density at radius 3 is 2.73 bits per heavy atom. The molecule has 4 nitrogen and oxygen atoms in total. The number of ether oxygens (including phenoxy) is 1. The van der Waals surface area contributed by atoms with Crippen molar-refractivity contribution in [2.45, 2.75) is 37.1 Å². The first-order valence-corrected chi connectivity index (χ1v) is 10.1. The molecule has 2 heterocycles. The Hall–Kier alpha value is -2.11. The maximum absolute atomic E-state index is 13.0. The van der Waals surface area contributed by atoms with Crippen LogP contribution in [0.2, 0.25) is 0 Å². The van der Waals surface area contributed by atoms with E-state index >= 15 is 0 Å². The molecular formula is C21H22N2O2S. The minimum absolute atomic E-state index is 0.0355. The molecule has 0 saturated carbocycles. The molecule has 2 aromatic carbocycles. The summed E-state index contributed by atoms with van der Waals surface area (Å²) < 4.78 is 7.57. The first-order valence-electron chi connectivity index (χ1n) is 9.09. The number of hydrogen-bond acceptors (Lipinski definition) is 4. The summed E-state index contributed by atoms with van der Waals surface area (Å²) in [4.78, 5) is 17.8. The predicted octanol–water partition coefficient (Wildman–Crippen LogP) is 3.91. The molecule has 0 amide bonds. The van der Waals surface area contributed by atoms with E-state index in [9.17, 15) is 4.79 Å². The Balaban J connectivity index is 1.61. The van der Waals surface area contributed by atoms with Gasteiger partial charge in [-0.25, -0.2) is 4.98 Å². The van der Waals surface area contributed by atoms with Crippen molar-refractivity contribution in [2.75, 3.05) is 12.4 Å². The first-order chi connectivity index (χ1) is 12.8. The largest absolute Gasteiger partial charge is 0.376 e. The van der Waals surface area contributed by atoms with Gasteiger partial charge in [0.2, 0.25) is 0 Å². The van der Waals surface area contributed by atoms with Gasteiger partial charge in [-0.15, -0.1) is 0 Å². The van der Waals surface area contributed by atoms with E-state index in [1.54, 1.807) is 11.8 Å². The lowest BCUT2D eigenvalue weighted by atomic mass is 10.2. The van der Waals surface area contributed by atoms with E-state index in [1.165, 1.54) is 5.56 Å². The van der Waals surface area contributed by atoms with E-state index in [-0.39, 0.29) is 11.7 Å². The summed E-state index contributed by atoms with van der Waals surface area (Å²) in [6, 6.07) is 18.0. The molecule has 3 aromatic rings. The average Bonchev–Trinajstić information content (AvgIpc) is 3.19. The first kappa shape index (κ1) is 17.3. The second-order valence-electron chi connectivity index (χ2n) is 6.55. The van der Waals surface area contributed by atoms with Gasteiger partial charge in [-0.2, -0.15) is 0 Å². The van der Waals surface area contributed by atoms with E-state index < -0.39 is 0 Å². The average molecular weight is 366 g/mol. The zero-order valence-corrected chi connectivity index (χ0v) is 15.5. The van der Waals surface area contributed by atoms with E-state index in [0.717, 1.165) is 42.3 Å². The van der Waals surface area contributed by atoms with Crippen LogP contribution in [0.25, 0.3) is 10.9 Å². The Kier molecular flexibility index (Phi) is 5.37. The van der Waals surface area contributed by atoms with Crippen LogP contribution in [0, 0.1) is 0 Å². The molecule has 0 bridgehead atoms. The van der Waals surface area contributed by atoms with Crippen LogP contribution in [-0.2, 0) is 17.7 Å². The van der Waals surface area contributed by atoms with Crippen molar-refractivity contribution < 1.29 is 4.74 Å². The third kappa shape index (κ3) is 3.84. The lowest BCUT2D eigenvalue weighted by Gasteiger charge is -2.16. The van der Waals surface area contributed by atoms with Gasteiger partial charge in [-0.3, -0.25) is 9.36 Å². The molecule has 0 unspecified atom stereocenters. The van der Waals surface area contributed by atoms with Gasteiger partial charge in [-0.1, -0.05) is 54.2 Å². The number of aryl methyl sites for hydroxylation is 1. The normalized spacial score (nSPS) is 17.0.